The Labute approximate surface area is 115 Å². The molecule has 0 saturated carbocycles. The van der Waals surface area contributed by atoms with Crippen LogP contribution >= 0.6 is 0 Å². The van der Waals surface area contributed by atoms with Gasteiger partial charge in [0.05, 0.1) is 4.90 Å². The van der Waals surface area contributed by atoms with Crippen molar-refractivity contribution < 1.29 is 13.2 Å². The normalized spacial score (nSPS) is 13.5. The topological polar surface area (TPSA) is 63.2 Å². The molecule has 0 fully saturated rings. The first-order valence-corrected chi connectivity index (χ1v) is 7.89. The number of rotatable bonds is 6. The van der Waals surface area contributed by atoms with Crippen LogP contribution in [0.25, 0.3) is 0 Å². The number of ketones is 1. The van der Waals surface area contributed by atoms with Gasteiger partial charge in [-0.1, -0.05) is 19.1 Å². The van der Waals surface area contributed by atoms with Crippen LogP contribution in [0, 0.1) is 0 Å². The van der Waals surface area contributed by atoms with Crippen molar-refractivity contribution in [2.24, 2.45) is 0 Å². The van der Waals surface area contributed by atoms with E-state index in [4.69, 9.17) is 0 Å². The summed E-state index contributed by atoms with van der Waals surface area (Å²) in [6, 6.07) is 6.37. The number of carbonyl (C=O) groups is 1. The van der Waals surface area contributed by atoms with Gasteiger partial charge in [-0.3, -0.25) is 4.79 Å². The molecule has 0 saturated heterocycles. The first-order chi connectivity index (χ1) is 8.77. The molecule has 0 amide bonds. The Kier molecular flexibility index (Phi) is 5.26. The zero-order valence-electron chi connectivity index (χ0n) is 11.8. The maximum atomic E-state index is 11.9. The molecule has 0 aliphatic rings. The first-order valence-electron chi connectivity index (χ1n) is 6.40. The smallest absolute Gasteiger partial charge is 0.240 e. The van der Waals surface area contributed by atoms with Crippen molar-refractivity contribution in [3.63, 3.8) is 0 Å². The average Bonchev–Trinajstić information content (AvgIpc) is 2.28. The van der Waals surface area contributed by atoms with Crippen molar-refractivity contribution in [2.75, 3.05) is 0 Å². The minimum Gasteiger partial charge on any atom is -0.299 e. The predicted octanol–water partition coefficient (Wildman–Crippen LogP) is 2.46. The molecule has 1 atom stereocenters. The molecule has 5 heteroatoms. The minimum atomic E-state index is -3.46. The zero-order valence-corrected chi connectivity index (χ0v) is 12.6. The second-order valence-electron chi connectivity index (χ2n) is 4.92. The second kappa shape index (κ2) is 6.30. The standard InChI is InChI=1S/C14H21NO3S/c1-5-14(11(4)16)12-6-8-13(9-7-12)19(17,18)15-10(2)3/h6-10,14-15H,5H2,1-4H3. The van der Waals surface area contributed by atoms with Gasteiger partial charge in [0.2, 0.25) is 10.0 Å². The summed E-state index contributed by atoms with van der Waals surface area (Å²) < 4.78 is 26.4. The fraction of sp³-hybridized carbons (Fsp3) is 0.500. The molecule has 1 unspecified atom stereocenters. The monoisotopic (exact) mass is 283 g/mol. The van der Waals surface area contributed by atoms with E-state index in [9.17, 15) is 13.2 Å². The van der Waals surface area contributed by atoms with Crippen molar-refractivity contribution in [1.29, 1.82) is 0 Å². The van der Waals surface area contributed by atoms with Crippen molar-refractivity contribution >= 4 is 15.8 Å². The highest BCUT2D eigenvalue weighted by molar-refractivity contribution is 7.89. The van der Waals surface area contributed by atoms with Gasteiger partial charge >= 0.3 is 0 Å². The molecule has 4 nitrogen and oxygen atoms in total. The number of hydrogen-bond acceptors (Lipinski definition) is 3. The maximum Gasteiger partial charge on any atom is 0.240 e. The summed E-state index contributed by atoms with van der Waals surface area (Å²) in [6.07, 6.45) is 0.714. The lowest BCUT2D eigenvalue weighted by molar-refractivity contribution is -0.118. The molecule has 0 aliphatic heterocycles. The summed E-state index contributed by atoms with van der Waals surface area (Å²) in [5.41, 5.74) is 0.860. The van der Waals surface area contributed by atoms with Crippen LogP contribution < -0.4 is 4.72 Å². The van der Waals surface area contributed by atoms with Crippen LogP contribution in [0.2, 0.25) is 0 Å². The highest BCUT2D eigenvalue weighted by Gasteiger charge is 2.18. The Bertz CT molecular complexity index is 532. The number of Topliss-reactive ketones (excluding diaryl/α,β-unsaturated/α-hetero) is 1. The van der Waals surface area contributed by atoms with E-state index < -0.39 is 10.0 Å². The minimum absolute atomic E-state index is 0.0958. The van der Waals surface area contributed by atoms with E-state index >= 15 is 0 Å². The van der Waals surface area contributed by atoms with Gasteiger partial charge in [0.15, 0.2) is 0 Å². The predicted molar refractivity (Wildman–Crippen MR) is 75.6 cm³/mol. The van der Waals surface area contributed by atoms with Crippen molar-refractivity contribution in [3.8, 4) is 0 Å². The molecule has 1 aromatic carbocycles. The van der Waals surface area contributed by atoms with E-state index in [2.05, 4.69) is 4.72 Å². The lowest BCUT2D eigenvalue weighted by Crippen LogP contribution is -2.30. The quantitative estimate of drug-likeness (QED) is 0.872. The Hall–Kier alpha value is -1.20. The van der Waals surface area contributed by atoms with Gasteiger partial charge in [-0.15, -0.1) is 0 Å². The number of hydrogen-bond donors (Lipinski definition) is 1. The molecule has 0 spiro atoms. The molecule has 1 rings (SSSR count). The lowest BCUT2D eigenvalue weighted by Gasteiger charge is -2.13. The van der Waals surface area contributed by atoms with Crippen molar-refractivity contribution in [1.82, 2.24) is 4.72 Å². The summed E-state index contributed by atoms with van der Waals surface area (Å²) >= 11 is 0. The highest BCUT2D eigenvalue weighted by atomic mass is 32.2. The molecule has 0 heterocycles. The largest absolute Gasteiger partial charge is 0.299 e. The Morgan fingerprint density at radius 1 is 1.21 bits per heavy atom. The summed E-state index contributed by atoms with van der Waals surface area (Å²) in [5.74, 6) is -0.0618. The van der Waals surface area contributed by atoms with Crippen molar-refractivity contribution in [3.05, 3.63) is 29.8 Å². The van der Waals surface area contributed by atoms with Gasteiger partial charge in [-0.25, -0.2) is 13.1 Å². The third kappa shape index (κ3) is 4.14. The maximum absolute atomic E-state index is 11.9. The van der Waals surface area contributed by atoms with Crippen LogP contribution in [0.1, 0.15) is 45.6 Å². The number of nitrogens with one attached hydrogen (secondary N) is 1. The number of carbonyl (C=O) groups excluding carboxylic acids is 1. The molecule has 1 aromatic rings. The van der Waals surface area contributed by atoms with E-state index in [1.807, 2.05) is 6.92 Å². The fourth-order valence-electron chi connectivity index (χ4n) is 2.02. The van der Waals surface area contributed by atoms with Gasteiger partial charge in [-0.2, -0.15) is 0 Å². The van der Waals surface area contributed by atoms with Crippen LogP contribution in [-0.4, -0.2) is 20.2 Å². The molecule has 1 N–H and O–H groups in total. The Balaban J connectivity index is 3.03. The third-order valence-electron chi connectivity index (χ3n) is 2.88. The lowest BCUT2D eigenvalue weighted by atomic mass is 9.93. The number of sulfonamides is 1. The van der Waals surface area contributed by atoms with Gasteiger partial charge in [0, 0.05) is 12.0 Å². The van der Waals surface area contributed by atoms with Crippen LogP contribution in [0.3, 0.4) is 0 Å². The highest BCUT2D eigenvalue weighted by Crippen LogP contribution is 2.22. The van der Waals surface area contributed by atoms with Gasteiger partial charge in [0.1, 0.15) is 5.78 Å². The number of benzene rings is 1. The molecular weight excluding hydrogens is 262 g/mol. The fourth-order valence-corrected chi connectivity index (χ4v) is 3.27. The molecule has 0 aliphatic carbocycles. The van der Waals surface area contributed by atoms with Gasteiger partial charge in [-0.05, 0) is 44.9 Å². The van der Waals surface area contributed by atoms with Crippen LogP contribution in [0.15, 0.2) is 29.2 Å². The van der Waals surface area contributed by atoms with Gasteiger partial charge < -0.3 is 0 Å². The van der Waals surface area contributed by atoms with Crippen LogP contribution in [0.5, 0.6) is 0 Å². The SMILES string of the molecule is CCC(C(C)=O)c1ccc(S(=O)(=O)NC(C)C)cc1. The summed E-state index contributed by atoms with van der Waals surface area (Å²) in [5, 5.41) is 0. The molecule has 0 aromatic heterocycles. The molecule has 0 bridgehead atoms. The van der Waals surface area contributed by atoms with E-state index in [-0.39, 0.29) is 22.6 Å². The summed E-state index contributed by atoms with van der Waals surface area (Å²) in [4.78, 5) is 11.7. The summed E-state index contributed by atoms with van der Waals surface area (Å²) in [6.45, 7) is 7.04. The van der Waals surface area contributed by atoms with Gasteiger partial charge in [0.25, 0.3) is 0 Å². The first kappa shape index (κ1) is 15.9. The molecule has 0 radical (unpaired) electrons. The second-order valence-corrected chi connectivity index (χ2v) is 6.63. The van der Waals surface area contributed by atoms with E-state index in [1.54, 1.807) is 45.0 Å². The van der Waals surface area contributed by atoms with Crippen molar-refractivity contribution in [2.45, 2.75) is 51.0 Å². The Morgan fingerprint density at radius 2 is 1.74 bits per heavy atom. The Morgan fingerprint density at radius 3 is 2.11 bits per heavy atom. The average molecular weight is 283 g/mol. The molecule has 106 valence electrons. The van der Waals surface area contributed by atoms with E-state index in [1.165, 1.54) is 0 Å². The van der Waals surface area contributed by atoms with E-state index in [0.29, 0.717) is 6.42 Å². The third-order valence-corrected chi connectivity index (χ3v) is 4.56. The molecule has 19 heavy (non-hydrogen) atoms. The zero-order chi connectivity index (χ0) is 14.6. The van der Waals surface area contributed by atoms with E-state index in [0.717, 1.165) is 5.56 Å². The molecular formula is C14H21NO3S. The van der Waals surface area contributed by atoms with Crippen LogP contribution in [-0.2, 0) is 14.8 Å². The summed E-state index contributed by atoms with van der Waals surface area (Å²) in [7, 11) is -3.46. The van der Waals surface area contributed by atoms with Crippen LogP contribution in [0.4, 0.5) is 0 Å².